The zero-order valence-corrected chi connectivity index (χ0v) is 12.0. The monoisotopic (exact) mass is 265 g/mol. The maximum Gasteiger partial charge on any atom is 0.207 e. The highest BCUT2D eigenvalue weighted by atomic mass is 16.6. The third-order valence-corrected chi connectivity index (χ3v) is 3.04. The molecule has 4 heteroatoms. The van der Waals surface area contributed by atoms with Crippen molar-refractivity contribution in [3.63, 3.8) is 0 Å². The molecule has 0 aliphatic heterocycles. The Labute approximate surface area is 114 Å². The minimum absolute atomic E-state index is 0.0369. The van der Waals surface area contributed by atoms with Gasteiger partial charge in [0.15, 0.2) is 0 Å². The van der Waals surface area contributed by atoms with Crippen LogP contribution >= 0.6 is 0 Å². The van der Waals surface area contributed by atoms with Crippen LogP contribution in [0.15, 0.2) is 24.3 Å². The maximum absolute atomic E-state index is 10.4. The Morgan fingerprint density at radius 1 is 1.37 bits per heavy atom. The van der Waals surface area contributed by atoms with E-state index in [-0.39, 0.29) is 16.9 Å². The third kappa shape index (κ3) is 6.22. The number of hydrogen-bond donors (Lipinski definition) is 0. The van der Waals surface area contributed by atoms with Crippen LogP contribution in [-0.2, 0) is 6.42 Å². The lowest BCUT2D eigenvalue weighted by atomic mass is 9.89. The molecule has 0 atom stereocenters. The van der Waals surface area contributed by atoms with Crippen molar-refractivity contribution in [2.24, 2.45) is 5.41 Å². The smallest absolute Gasteiger partial charge is 0.207 e. The molecule has 0 heterocycles. The number of rotatable bonds is 8. The van der Waals surface area contributed by atoms with Crippen molar-refractivity contribution >= 4 is 0 Å². The van der Waals surface area contributed by atoms with E-state index in [0.29, 0.717) is 13.0 Å². The van der Waals surface area contributed by atoms with Gasteiger partial charge in [-0.05, 0) is 29.5 Å². The van der Waals surface area contributed by atoms with E-state index in [1.807, 2.05) is 24.3 Å². The Kier molecular flexibility index (Phi) is 5.80. The fourth-order valence-corrected chi connectivity index (χ4v) is 2.04. The van der Waals surface area contributed by atoms with E-state index in [2.05, 4.69) is 20.8 Å². The molecule has 1 aromatic rings. The second-order valence-corrected chi connectivity index (χ2v) is 5.66. The van der Waals surface area contributed by atoms with Gasteiger partial charge in [0.25, 0.3) is 0 Å². The summed E-state index contributed by atoms with van der Waals surface area (Å²) in [5.41, 5.74) is 1.11. The molecule has 1 aromatic carbocycles. The zero-order chi connectivity index (χ0) is 14.3. The van der Waals surface area contributed by atoms with Gasteiger partial charge < -0.3 is 4.74 Å². The molecule has 106 valence electrons. The topological polar surface area (TPSA) is 52.4 Å². The fraction of sp³-hybridized carbons (Fsp3) is 0.600. The Bertz CT molecular complexity index is 416. The van der Waals surface area contributed by atoms with Crippen LogP contribution in [-0.4, -0.2) is 18.1 Å². The molecule has 0 aliphatic carbocycles. The molecular weight excluding hydrogens is 242 g/mol. The van der Waals surface area contributed by atoms with Crippen LogP contribution in [0.1, 0.15) is 39.2 Å². The lowest BCUT2D eigenvalue weighted by molar-refractivity contribution is -0.479. The number of nitrogens with zero attached hydrogens (tertiary/aromatic N) is 1. The van der Waals surface area contributed by atoms with Crippen molar-refractivity contribution in [3.05, 3.63) is 39.9 Å². The highest BCUT2D eigenvalue weighted by Gasteiger charge is 2.17. The predicted molar refractivity (Wildman–Crippen MR) is 76.2 cm³/mol. The normalized spacial score (nSPS) is 11.3. The number of hydrogen-bond acceptors (Lipinski definition) is 3. The average molecular weight is 265 g/mol. The van der Waals surface area contributed by atoms with Gasteiger partial charge in [-0.2, -0.15) is 0 Å². The maximum atomic E-state index is 10.4. The molecule has 0 spiro atoms. The lowest BCUT2D eigenvalue weighted by Gasteiger charge is -2.24. The molecule has 0 saturated carbocycles. The van der Waals surface area contributed by atoms with Crippen molar-refractivity contribution in [3.8, 4) is 5.75 Å². The van der Waals surface area contributed by atoms with E-state index in [9.17, 15) is 10.1 Å². The molecule has 0 bridgehead atoms. The van der Waals surface area contributed by atoms with E-state index in [1.165, 1.54) is 0 Å². The van der Waals surface area contributed by atoms with Crippen LogP contribution in [0.5, 0.6) is 5.75 Å². The molecule has 0 unspecified atom stereocenters. The number of ether oxygens (including phenoxy) is 1. The van der Waals surface area contributed by atoms with Gasteiger partial charge in [-0.25, -0.2) is 0 Å². The first-order chi connectivity index (χ1) is 8.93. The predicted octanol–water partition coefficient (Wildman–Crippen LogP) is 3.71. The van der Waals surface area contributed by atoms with Crippen LogP contribution < -0.4 is 4.74 Å². The van der Waals surface area contributed by atoms with Crippen molar-refractivity contribution in [1.29, 1.82) is 0 Å². The Balaban J connectivity index is 2.54. The van der Waals surface area contributed by atoms with Crippen LogP contribution in [0.4, 0.5) is 0 Å². The van der Waals surface area contributed by atoms with E-state index >= 15 is 0 Å². The van der Waals surface area contributed by atoms with E-state index in [1.54, 1.807) is 0 Å². The van der Waals surface area contributed by atoms with Crippen LogP contribution in [0, 0.1) is 15.5 Å². The van der Waals surface area contributed by atoms with Gasteiger partial charge in [-0.15, -0.1) is 0 Å². The molecule has 0 radical (unpaired) electrons. The first-order valence-corrected chi connectivity index (χ1v) is 6.76. The second kappa shape index (κ2) is 7.12. The van der Waals surface area contributed by atoms with Crippen LogP contribution in [0.25, 0.3) is 0 Å². The van der Waals surface area contributed by atoms with Crippen LogP contribution in [0.2, 0.25) is 0 Å². The van der Waals surface area contributed by atoms with Crippen molar-refractivity contribution in [2.75, 3.05) is 13.2 Å². The van der Waals surface area contributed by atoms with Gasteiger partial charge in [0.1, 0.15) is 5.75 Å². The molecule has 0 fully saturated rings. The molecule has 0 aliphatic rings. The summed E-state index contributed by atoms with van der Waals surface area (Å²) in [6.45, 7) is 7.17. The summed E-state index contributed by atoms with van der Waals surface area (Å²) in [4.78, 5) is 10.1. The summed E-state index contributed by atoms with van der Waals surface area (Å²) in [7, 11) is 0. The minimum atomic E-state index is -0.294. The summed E-state index contributed by atoms with van der Waals surface area (Å²) in [6.07, 6.45) is 2.70. The first kappa shape index (κ1) is 15.5. The molecule has 1 rings (SSSR count). The van der Waals surface area contributed by atoms with E-state index in [4.69, 9.17) is 4.74 Å². The highest BCUT2D eigenvalue weighted by Crippen LogP contribution is 2.24. The molecule has 0 aromatic heterocycles. The lowest BCUT2D eigenvalue weighted by Crippen LogP contribution is -2.21. The highest BCUT2D eigenvalue weighted by molar-refractivity contribution is 5.28. The summed E-state index contributed by atoms with van der Waals surface area (Å²) in [6, 6.07) is 7.58. The molecular formula is C15H23NO3. The van der Waals surface area contributed by atoms with Crippen molar-refractivity contribution in [1.82, 2.24) is 0 Å². The first-order valence-electron chi connectivity index (χ1n) is 6.76. The van der Waals surface area contributed by atoms with Crippen molar-refractivity contribution in [2.45, 2.75) is 40.0 Å². The molecule has 4 nitrogen and oxygen atoms in total. The summed E-state index contributed by atoms with van der Waals surface area (Å²) < 4.78 is 5.80. The minimum Gasteiger partial charge on any atom is -0.493 e. The molecule has 19 heavy (non-hydrogen) atoms. The second-order valence-electron chi connectivity index (χ2n) is 5.66. The largest absolute Gasteiger partial charge is 0.493 e. The zero-order valence-electron chi connectivity index (χ0n) is 12.0. The average Bonchev–Trinajstić information content (AvgIpc) is 2.35. The Hall–Kier alpha value is -1.58. The number of benzene rings is 1. The van der Waals surface area contributed by atoms with Gasteiger partial charge >= 0.3 is 0 Å². The van der Waals surface area contributed by atoms with Gasteiger partial charge in [-0.1, -0.05) is 39.3 Å². The Morgan fingerprint density at radius 2 is 2.11 bits per heavy atom. The van der Waals surface area contributed by atoms with E-state index < -0.39 is 0 Å². The summed E-state index contributed by atoms with van der Waals surface area (Å²) >= 11 is 0. The van der Waals surface area contributed by atoms with Gasteiger partial charge in [-0.3, -0.25) is 10.1 Å². The fourth-order valence-electron chi connectivity index (χ4n) is 2.04. The molecule has 0 saturated heterocycles. The van der Waals surface area contributed by atoms with Gasteiger partial charge in [0, 0.05) is 11.3 Å². The third-order valence-electron chi connectivity index (χ3n) is 3.04. The van der Waals surface area contributed by atoms with Gasteiger partial charge in [0.05, 0.1) is 6.61 Å². The van der Waals surface area contributed by atoms with Gasteiger partial charge in [0.2, 0.25) is 6.54 Å². The van der Waals surface area contributed by atoms with Crippen molar-refractivity contribution < 1.29 is 9.66 Å². The summed E-state index contributed by atoms with van der Waals surface area (Å²) in [5.74, 6) is 0.796. The molecule has 0 N–H and O–H groups in total. The standard InChI is InChI=1S/C15H23NO3/c1-4-9-15(2,3)12-19-14-7-5-6-13(11-14)8-10-16(17)18/h5-7,11H,4,8-10,12H2,1-3H3. The van der Waals surface area contributed by atoms with Crippen LogP contribution in [0.3, 0.4) is 0 Å². The number of nitro groups is 1. The SMILES string of the molecule is CCCC(C)(C)COc1cccc(CC[N+](=O)[O-])c1. The Morgan fingerprint density at radius 3 is 2.74 bits per heavy atom. The molecule has 0 amide bonds. The quantitative estimate of drug-likeness (QED) is 0.532. The van der Waals surface area contributed by atoms with E-state index in [0.717, 1.165) is 24.2 Å². The summed E-state index contributed by atoms with van der Waals surface area (Å²) in [5, 5.41) is 10.4.